The zero-order valence-corrected chi connectivity index (χ0v) is 22.7. The molecule has 0 aliphatic heterocycles. The fraction of sp³-hybridized carbons (Fsp3) is 0.258. The standard InChI is InChI=1S/C31H35N5O2/c1-22-13-12-14-23(2)29(22)33-30(38)35(20-24-15-8-6-9-16-24)21-28(37)32-27-19-26(31(3,4)5)34-36(27)25-17-10-7-11-18-25/h6-19H,20-21H2,1-5H3,(H,32,37)(H,33,38). The van der Waals surface area contributed by atoms with Crippen molar-refractivity contribution in [2.75, 3.05) is 17.2 Å². The van der Waals surface area contributed by atoms with Crippen molar-refractivity contribution < 1.29 is 9.59 Å². The lowest BCUT2D eigenvalue weighted by atomic mass is 9.92. The monoisotopic (exact) mass is 509 g/mol. The summed E-state index contributed by atoms with van der Waals surface area (Å²) < 4.78 is 1.73. The molecule has 1 aromatic heterocycles. The van der Waals surface area contributed by atoms with Gasteiger partial charge in [-0.25, -0.2) is 9.48 Å². The maximum atomic E-state index is 13.5. The molecule has 0 aliphatic rings. The average Bonchev–Trinajstić information content (AvgIpc) is 3.31. The van der Waals surface area contributed by atoms with Crippen LogP contribution in [0.1, 0.15) is 43.2 Å². The number of carbonyl (C=O) groups is 2. The lowest BCUT2D eigenvalue weighted by Gasteiger charge is -2.24. The smallest absolute Gasteiger partial charge is 0.311 e. The molecule has 38 heavy (non-hydrogen) atoms. The van der Waals surface area contributed by atoms with Crippen molar-refractivity contribution in [3.63, 3.8) is 0 Å². The topological polar surface area (TPSA) is 79.3 Å². The quantitative estimate of drug-likeness (QED) is 0.300. The molecule has 0 fully saturated rings. The van der Waals surface area contributed by atoms with E-state index in [1.807, 2.05) is 98.8 Å². The third kappa shape index (κ3) is 6.48. The number of nitrogens with one attached hydrogen (secondary N) is 2. The minimum Gasteiger partial charge on any atom is -0.311 e. The fourth-order valence-corrected chi connectivity index (χ4v) is 4.16. The van der Waals surface area contributed by atoms with Crippen LogP contribution in [0.15, 0.2) is 84.9 Å². The molecule has 7 heteroatoms. The van der Waals surface area contributed by atoms with Gasteiger partial charge in [0.15, 0.2) is 0 Å². The van der Waals surface area contributed by atoms with Crippen molar-refractivity contribution in [3.8, 4) is 5.69 Å². The Labute approximate surface area is 224 Å². The Kier molecular flexibility index (Phi) is 7.96. The third-order valence-corrected chi connectivity index (χ3v) is 6.30. The number of aryl methyl sites for hydroxylation is 2. The summed E-state index contributed by atoms with van der Waals surface area (Å²) >= 11 is 0. The van der Waals surface area contributed by atoms with E-state index in [2.05, 4.69) is 31.4 Å². The fourth-order valence-electron chi connectivity index (χ4n) is 4.16. The van der Waals surface area contributed by atoms with Gasteiger partial charge < -0.3 is 15.5 Å². The molecular formula is C31H35N5O2. The molecular weight excluding hydrogens is 474 g/mol. The highest BCUT2D eigenvalue weighted by Gasteiger charge is 2.24. The largest absolute Gasteiger partial charge is 0.322 e. The van der Waals surface area contributed by atoms with Crippen molar-refractivity contribution in [2.24, 2.45) is 0 Å². The van der Waals surface area contributed by atoms with E-state index < -0.39 is 0 Å². The Balaban J connectivity index is 1.59. The van der Waals surface area contributed by atoms with E-state index in [-0.39, 0.29) is 30.4 Å². The number of anilines is 2. The van der Waals surface area contributed by atoms with Gasteiger partial charge in [-0.3, -0.25) is 4.79 Å². The van der Waals surface area contributed by atoms with Crippen LogP contribution in [0.3, 0.4) is 0 Å². The highest BCUT2D eigenvalue weighted by Crippen LogP contribution is 2.26. The van der Waals surface area contributed by atoms with Crippen LogP contribution < -0.4 is 10.6 Å². The summed E-state index contributed by atoms with van der Waals surface area (Å²) in [6.07, 6.45) is 0. The molecule has 0 unspecified atom stereocenters. The number of rotatable bonds is 7. The number of hydrogen-bond donors (Lipinski definition) is 2. The van der Waals surface area contributed by atoms with Crippen molar-refractivity contribution in [1.82, 2.24) is 14.7 Å². The van der Waals surface area contributed by atoms with E-state index in [4.69, 9.17) is 5.10 Å². The SMILES string of the molecule is Cc1cccc(C)c1NC(=O)N(CC(=O)Nc1cc(C(C)(C)C)nn1-c1ccccc1)Cc1ccccc1. The summed E-state index contributed by atoms with van der Waals surface area (Å²) in [6, 6.07) is 26.7. The highest BCUT2D eigenvalue weighted by atomic mass is 16.2. The second-order valence-corrected chi connectivity index (χ2v) is 10.5. The first-order chi connectivity index (χ1) is 18.1. The van der Waals surface area contributed by atoms with E-state index in [0.29, 0.717) is 5.82 Å². The molecule has 0 radical (unpaired) electrons. The summed E-state index contributed by atoms with van der Waals surface area (Å²) in [5.41, 5.74) is 5.10. The second kappa shape index (κ2) is 11.3. The molecule has 0 saturated carbocycles. The Morgan fingerprint density at radius 3 is 2.05 bits per heavy atom. The van der Waals surface area contributed by atoms with Crippen molar-refractivity contribution in [3.05, 3.63) is 107 Å². The summed E-state index contributed by atoms with van der Waals surface area (Å²) in [6.45, 7) is 10.3. The van der Waals surface area contributed by atoms with Gasteiger partial charge in [0, 0.05) is 23.7 Å². The first kappa shape index (κ1) is 26.7. The Bertz CT molecular complexity index is 1390. The van der Waals surface area contributed by atoms with Crippen molar-refractivity contribution >= 4 is 23.4 Å². The summed E-state index contributed by atoms with van der Waals surface area (Å²) in [7, 11) is 0. The summed E-state index contributed by atoms with van der Waals surface area (Å²) in [4.78, 5) is 28.3. The molecule has 0 atom stereocenters. The van der Waals surface area contributed by atoms with Gasteiger partial charge in [-0.2, -0.15) is 5.10 Å². The van der Waals surface area contributed by atoms with E-state index in [0.717, 1.165) is 33.8 Å². The van der Waals surface area contributed by atoms with E-state index in [1.165, 1.54) is 4.90 Å². The van der Waals surface area contributed by atoms with E-state index >= 15 is 0 Å². The number of para-hydroxylation sites is 2. The van der Waals surface area contributed by atoms with Crippen molar-refractivity contribution in [1.29, 1.82) is 0 Å². The molecule has 4 rings (SSSR count). The van der Waals surface area contributed by atoms with Gasteiger partial charge >= 0.3 is 6.03 Å². The lowest BCUT2D eigenvalue weighted by Crippen LogP contribution is -2.40. The Morgan fingerprint density at radius 1 is 0.842 bits per heavy atom. The molecule has 0 bridgehead atoms. The van der Waals surface area contributed by atoms with Gasteiger partial charge in [0.2, 0.25) is 5.91 Å². The number of urea groups is 1. The average molecular weight is 510 g/mol. The van der Waals surface area contributed by atoms with Gasteiger partial charge in [-0.15, -0.1) is 0 Å². The maximum Gasteiger partial charge on any atom is 0.322 e. The van der Waals surface area contributed by atoms with E-state index in [9.17, 15) is 9.59 Å². The summed E-state index contributed by atoms with van der Waals surface area (Å²) in [5, 5.41) is 10.8. The Morgan fingerprint density at radius 2 is 1.45 bits per heavy atom. The zero-order chi connectivity index (χ0) is 27.3. The van der Waals surface area contributed by atoms with Crippen molar-refractivity contribution in [2.45, 2.75) is 46.6 Å². The summed E-state index contributed by atoms with van der Waals surface area (Å²) in [5.74, 6) is 0.246. The number of amides is 3. The van der Waals surface area contributed by atoms with E-state index in [1.54, 1.807) is 4.68 Å². The zero-order valence-electron chi connectivity index (χ0n) is 22.7. The van der Waals surface area contributed by atoms with Crippen LogP contribution in [0.25, 0.3) is 5.69 Å². The molecule has 3 amide bonds. The molecule has 0 spiro atoms. The van der Waals surface area contributed by atoms with Crippen LogP contribution in [-0.4, -0.2) is 33.2 Å². The molecule has 7 nitrogen and oxygen atoms in total. The minimum atomic E-state index is -0.339. The van der Waals surface area contributed by atoms with Gasteiger partial charge in [0.1, 0.15) is 12.4 Å². The van der Waals surface area contributed by atoms with Gasteiger partial charge in [-0.1, -0.05) is 87.5 Å². The Hall–Kier alpha value is -4.39. The lowest BCUT2D eigenvalue weighted by molar-refractivity contribution is -0.116. The minimum absolute atomic E-state index is 0.128. The molecule has 0 aliphatic carbocycles. The van der Waals surface area contributed by atoms with Gasteiger partial charge in [0.05, 0.1) is 11.4 Å². The highest BCUT2D eigenvalue weighted by molar-refractivity contribution is 5.97. The van der Waals surface area contributed by atoms with Crippen LogP contribution in [0, 0.1) is 13.8 Å². The number of aromatic nitrogens is 2. The molecule has 4 aromatic rings. The maximum absolute atomic E-state index is 13.5. The molecule has 2 N–H and O–H groups in total. The number of nitrogens with zero attached hydrogens (tertiary/aromatic N) is 3. The van der Waals surface area contributed by atoms with Crippen LogP contribution >= 0.6 is 0 Å². The van der Waals surface area contributed by atoms with Gasteiger partial charge in [-0.05, 0) is 42.7 Å². The predicted molar refractivity (Wildman–Crippen MR) is 153 cm³/mol. The number of benzene rings is 3. The molecule has 1 heterocycles. The predicted octanol–water partition coefficient (Wildman–Crippen LogP) is 6.46. The molecule has 196 valence electrons. The second-order valence-electron chi connectivity index (χ2n) is 10.5. The van der Waals surface area contributed by atoms with Gasteiger partial charge in [0.25, 0.3) is 0 Å². The van der Waals surface area contributed by atoms with Crippen LogP contribution in [0.4, 0.5) is 16.3 Å². The molecule has 0 saturated heterocycles. The number of hydrogen-bond acceptors (Lipinski definition) is 3. The first-order valence-corrected chi connectivity index (χ1v) is 12.7. The molecule has 3 aromatic carbocycles. The third-order valence-electron chi connectivity index (χ3n) is 6.30. The first-order valence-electron chi connectivity index (χ1n) is 12.7. The van der Waals surface area contributed by atoms with Crippen LogP contribution in [0.2, 0.25) is 0 Å². The van der Waals surface area contributed by atoms with Crippen LogP contribution in [-0.2, 0) is 16.8 Å². The normalized spacial score (nSPS) is 11.2. The number of carbonyl (C=O) groups excluding carboxylic acids is 2. The van der Waals surface area contributed by atoms with Crippen LogP contribution in [0.5, 0.6) is 0 Å².